The summed E-state index contributed by atoms with van der Waals surface area (Å²) < 4.78 is 21.4. The second-order valence-corrected chi connectivity index (χ2v) is 7.92. The summed E-state index contributed by atoms with van der Waals surface area (Å²) in [6.45, 7) is 1.26. The summed E-state index contributed by atoms with van der Waals surface area (Å²) in [5.74, 6) is -3.04. The summed E-state index contributed by atoms with van der Waals surface area (Å²) in [4.78, 5) is 50.0. The quantitative estimate of drug-likeness (QED) is 0.229. The van der Waals surface area contributed by atoms with Crippen LogP contribution in [-0.2, 0) is 16.1 Å². The van der Waals surface area contributed by atoms with Gasteiger partial charge in [-0.1, -0.05) is 66.7 Å². The molecule has 4 rings (SSSR count). The molecule has 190 valence electrons. The van der Waals surface area contributed by atoms with Crippen molar-refractivity contribution >= 4 is 23.9 Å². The molecule has 8 heteroatoms. The van der Waals surface area contributed by atoms with Crippen LogP contribution in [0.5, 0.6) is 17.2 Å². The molecule has 0 aliphatic carbocycles. The van der Waals surface area contributed by atoms with Gasteiger partial charge >= 0.3 is 23.9 Å². The highest BCUT2D eigenvalue weighted by molar-refractivity contribution is 6.00. The first-order valence-electron chi connectivity index (χ1n) is 11.5. The van der Waals surface area contributed by atoms with Gasteiger partial charge in [-0.05, 0) is 42.0 Å². The molecule has 4 aromatic rings. The number of benzene rings is 4. The Morgan fingerprint density at radius 2 is 0.895 bits per heavy atom. The van der Waals surface area contributed by atoms with Gasteiger partial charge in [0.05, 0.1) is 0 Å². The van der Waals surface area contributed by atoms with E-state index in [2.05, 4.69) is 0 Å². The van der Waals surface area contributed by atoms with Crippen molar-refractivity contribution in [1.29, 1.82) is 0 Å². The van der Waals surface area contributed by atoms with Crippen molar-refractivity contribution in [3.05, 3.63) is 125 Å². The third kappa shape index (κ3) is 6.50. The number of para-hydroxylation sites is 3. The molecule has 0 unspecified atom stereocenters. The minimum absolute atomic E-state index is 0.00243. The Balaban J connectivity index is 1.51. The lowest BCUT2D eigenvalue weighted by molar-refractivity contribution is -0.131. The SMILES string of the molecule is CC(=O)Oc1ccccc1C(=O)Oc1ccccc1C(=O)Oc1ccccc1C(=O)OCc1ccccc1. The number of carbonyl (C=O) groups is 4. The van der Waals surface area contributed by atoms with Gasteiger partial charge in [-0.25, -0.2) is 14.4 Å². The summed E-state index contributed by atoms with van der Waals surface area (Å²) in [5, 5.41) is 0. The first kappa shape index (κ1) is 25.8. The molecule has 0 aromatic heterocycles. The summed E-state index contributed by atoms with van der Waals surface area (Å²) in [7, 11) is 0. The summed E-state index contributed by atoms with van der Waals surface area (Å²) in [6, 6.07) is 27.4. The number of hydrogen-bond acceptors (Lipinski definition) is 8. The van der Waals surface area contributed by atoms with Gasteiger partial charge in [0, 0.05) is 6.92 Å². The molecule has 0 aliphatic heterocycles. The molecule has 0 saturated carbocycles. The highest BCUT2D eigenvalue weighted by Crippen LogP contribution is 2.26. The molecule has 0 atom stereocenters. The van der Waals surface area contributed by atoms with Crippen molar-refractivity contribution in [2.45, 2.75) is 13.5 Å². The van der Waals surface area contributed by atoms with Gasteiger partial charge in [-0.2, -0.15) is 0 Å². The Labute approximate surface area is 218 Å². The van der Waals surface area contributed by atoms with Crippen molar-refractivity contribution in [3.8, 4) is 17.2 Å². The van der Waals surface area contributed by atoms with Crippen LogP contribution < -0.4 is 14.2 Å². The van der Waals surface area contributed by atoms with Crippen molar-refractivity contribution in [1.82, 2.24) is 0 Å². The summed E-state index contributed by atoms with van der Waals surface area (Å²) in [6.07, 6.45) is 0. The molecule has 0 bridgehead atoms. The molecule has 8 nitrogen and oxygen atoms in total. The molecule has 4 aromatic carbocycles. The molecular formula is C30H22O8. The summed E-state index contributed by atoms with van der Waals surface area (Å²) in [5.41, 5.74) is 0.804. The number of esters is 4. The van der Waals surface area contributed by atoms with Gasteiger partial charge in [0.2, 0.25) is 0 Å². The predicted molar refractivity (Wildman–Crippen MR) is 136 cm³/mol. The smallest absolute Gasteiger partial charge is 0.347 e. The second kappa shape index (κ2) is 12.1. The van der Waals surface area contributed by atoms with Crippen molar-refractivity contribution in [2.24, 2.45) is 0 Å². The van der Waals surface area contributed by atoms with E-state index in [1.54, 1.807) is 36.4 Å². The number of rotatable bonds is 8. The van der Waals surface area contributed by atoms with Crippen LogP contribution in [-0.4, -0.2) is 23.9 Å². The van der Waals surface area contributed by atoms with Crippen LogP contribution in [0.1, 0.15) is 43.6 Å². The van der Waals surface area contributed by atoms with Crippen LogP contribution in [0, 0.1) is 0 Å². The molecule has 0 N–H and O–H groups in total. The first-order chi connectivity index (χ1) is 18.4. The monoisotopic (exact) mass is 510 g/mol. The van der Waals surface area contributed by atoms with Crippen LogP contribution in [0.4, 0.5) is 0 Å². The topological polar surface area (TPSA) is 105 Å². The zero-order valence-electron chi connectivity index (χ0n) is 20.3. The van der Waals surface area contributed by atoms with E-state index in [1.807, 2.05) is 30.3 Å². The fourth-order valence-electron chi connectivity index (χ4n) is 3.44. The lowest BCUT2D eigenvalue weighted by Crippen LogP contribution is -2.17. The maximum Gasteiger partial charge on any atom is 0.347 e. The highest BCUT2D eigenvalue weighted by atomic mass is 16.6. The molecule has 0 amide bonds. The fourth-order valence-corrected chi connectivity index (χ4v) is 3.44. The molecule has 38 heavy (non-hydrogen) atoms. The van der Waals surface area contributed by atoms with Crippen molar-refractivity contribution in [3.63, 3.8) is 0 Å². The van der Waals surface area contributed by atoms with E-state index in [1.165, 1.54) is 43.3 Å². The zero-order chi connectivity index (χ0) is 26.9. The van der Waals surface area contributed by atoms with Crippen LogP contribution in [0.25, 0.3) is 0 Å². The second-order valence-electron chi connectivity index (χ2n) is 7.92. The number of hydrogen-bond donors (Lipinski definition) is 0. The standard InChI is InChI=1S/C30H22O8/c1-20(31)36-25-16-8-6-14-23(25)29(33)38-27-18-10-7-15-24(27)30(34)37-26-17-9-5-13-22(26)28(32)35-19-21-11-3-2-4-12-21/h2-18H,19H2,1H3. The van der Waals surface area contributed by atoms with E-state index in [9.17, 15) is 19.2 Å². The van der Waals surface area contributed by atoms with Crippen molar-refractivity contribution < 1.29 is 38.1 Å². The minimum Gasteiger partial charge on any atom is -0.457 e. The third-order valence-corrected chi connectivity index (χ3v) is 5.19. The number of carbonyl (C=O) groups excluding carboxylic acids is 4. The molecule has 0 saturated heterocycles. The zero-order valence-corrected chi connectivity index (χ0v) is 20.3. The minimum atomic E-state index is -0.856. The number of ether oxygens (including phenoxy) is 4. The molecule has 0 heterocycles. The Kier molecular flexibility index (Phi) is 8.25. The van der Waals surface area contributed by atoms with Gasteiger partial charge in [-0.15, -0.1) is 0 Å². The fraction of sp³-hybridized carbons (Fsp3) is 0.0667. The third-order valence-electron chi connectivity index (χ3n) is 5.19. The lowest BCUT2D eigenvalue weighted by atomic mass is 10.1. The summed E-state index contributed by atoms with van der Waals surface area (Å²) >= 11 is 0. The Bertz CT molecular complexity index is 1480. The molecule has 0 spiro atoms. The molecule has 0 aliphatic rings. The van der Waals surface area contributed by atoms with E-state index in [4.69, 9.17) is 18.9 Å². The van der Waals surface area contributed by atoms with Crippen LogP contribution in [0.15, 0.2) is 103 Å². The maximum atomic E-state index is 13.1. The largest absolute Gasteiger partial charge is 0.457 e. The van der Waals surface area contributed by atoms with Gasteiger partial charge < -0.3 is 18.9 Å². The molecule has 0 fully saturated rings. The van der Waals surface area contributed by atoms with Gasteiger partial charge in [0.1, 0.15) is 40.5 Å². The average molecular weight is 510 g/mol. The Morgan fingerprint density at radius 3 is 1.37 bits per heavy atom. The highest BCUT2D eigenvalue weighted by Gasteiger charge is 2.22. The molecule has 0 radical (unpaired) electrons. The van der Waals surface area contributed by atoms with E-state index in [0.717, 1.165) is 5.56 Å². The first-order valence-corrected chi connectivity index (χ1v) is 11.5. The Morgan fingerprint density at radius 1 is 0.500 bits per heavy atom. The predicted octanol–water partition coefficient (Wildman–Crippen LogP) is 5.41. The lowest BCUT2D eigenvalue weighted by Gasteiger charge is -2.13. The van der Waals surface area contributed by atoms with Gasteiger partial charge in [-0.3, -0.25) is 4.79 Å². The normalized spacial score (nSPS) is 10.2. The van der Waals surface area contributed by atoms with E-state index < -0.39 is 23.9 Å². The van der Waals surface area contributed by atoms with E-state index >= 15 is 0 Å². The van der Waals surface area contributed by atoms with Crippen LogP contribution >= 0.6 is 0 Å². The van der Waals surface area contributed by atoms with Crippen molar-refractivity contribution in [2.75, 3.05) is 0 Å². The van der Waals surface area contributed by atoms with Crippen LogP contribution in [0.3, 0.4) is 0 Å². The van der Waals surface area contributed by atoms with Gasteiger partial charge in [0.25, 0.3) is 0 Å². The van der Waals surface area contributed by atoms with E-state index in [-0.39, 0.29) is 40.5 Å². The van der Waals surface area contributed by atoms with Gasteiger partial charge in [0.15, 0.2) is 0 Å². The average Bonchev–Trinajstić information content (AvgIpc) is 2.93. The Hall–Kier alpha value is -5.24. The molecular weight excluding hydrogens is 488 g/mol. The van der Waals surface area contributed by atoms with E-state index in [0.29, 0.717) is 0 Å². The maximum absolute atomic E-state index is 13.1. The van der Waals surface area contributed by atoms with Crippen LogP contribution in [0.2, 0.25) is 0 Å².